The highest BCUT2D eigenvalue weighted by Crippen LogP contribution is 2.28. The van der Waals surface area contributed by atoms with Crippen molar-refractivity contribution in [3.63, 3.8) is 0 Å². The third-order valence-electron chi connectivity index (χ3n) is 4.74. The molecular weight excluding hydrogens is 304 g/mol. The molecule has 0 saturated carbocycles. The number of aryl methyl sites for hydroxylation is 1. The maximum absolute atomic E-state index is 9.26. The highest BCUT2D eigenvalue weighted by Gasteiger charge is 2.24. The molecule has 6 nitrogen and oxygen atoms in total. The minimum atomic E-state index is 0.157. The van der Waals surface area contributed by atoms with E-state index in [1.54, 1.807) is 7.11 Å². The Bertz CT molecular complexity index is 663. The number of imidazole rings is 1. The molecule has 3 rings (SSSR count). The first kappa shape index (κ1) is 16.9. The largest absolute Gasteiger partial charge is 0.481 e. The van der Waals surface area contributed by atoms with Gasteiger partial charge >= 0.3 is 0 Å². The average Bonchev–Trinajstić information content (AvgIpc) is 2.97. The fourth-order valence-corrected chi connectivity index (χ4v) is 3.43. The Morgan fingerprint density at radius 3 is 2.79 bits per heavy atom. The highest BCUT2D eigenvalue weighted by molar-refractivity contribution is 5.16. The van der Waals surface area contributed by atoms with E-state index in [9.17, 15) is 5.11 Å². The second-order valence-electron chi connectivity index (χ2n) is 6.35. The van der Waals surface area contributed by atoms with Gasteiger partial charge < -0.3 is 14.4 Å². The number of aliphatic hydroxyl groups excluding tert-OH is 1. The van der Waals surface area contributed by atoms with Crippen LogP contribution >= 0.6 is 0 Å². The Labute approximate surface area is 143 Å². The fourth-order valence-electron chi connectivity index (χ4n) is 3.43. The Hall–Kier alpha value is -1.92. The maximum Gasteiger partial charge on any atom is 0.213 e. The third-order valence-corrected chi connectivity index (χ3v) is 4.74. The predicted octanol–water partition coefficient (Wildman–Crippen LogP) is 1.97. The summed E-state index contributed by atoms with van der Waals surface area (Å²) >= 11 is 0. The molecule has 2 aromatic rings. The SMILES string of the molecule is COc1cccc(CN2CCC(c3ncc(C)n3CCO)CC2)n1. The molecule has 2 aromatic heterocycles. The number of piperidine rings is 1. The van der Waals surface area contributed by atoms with Crippen LogP contribution in [0.5, 0.6) is 5.88 Å². The first-order valence-corrected chi connectivity index (χ1v) is 8.56. The Morgan fingerprint density at radius 1 is 1.29 bits per heavy atom. The summed E-state index contributed by atoms with van der Waals surface area (Å²) in [4.78, 5) is 11.5. The number of methoxy groups -OCH3 is 1. The zero-order chi connectivity index (χ0) is 16.9. The normalized spacial score (nSPS) is 16.5. The van der Waals surface area contributed by atoms with Gasteiger partial charge in [-0.1, -0.05) is 6.07 Å². The van der Waals surface area contributed by atoms with Crippen LogP contribution in [0.2, 0.25) is 0 Å². The zero-order valence-electron chi connectivity index (χ0n) is 14.5. The molecule has 0 aliphatic carbocycles. The first-order valence-electron chi connectivity index (χ1n) is 8.56. The molecule has 1 aliphatic rings. The predicted molar refractivity (Wildman–Crippen MR) is 92.1 cm³/mol. The molecule has 0 amide bonds. The van der Waals surface area contributed by atoms with E-state index in [-0.39, 0.29) is 6.61 Å². The summed E-state index contributed by atoms with van der Waals surface area (Å²) in [7, 11) is 1.65. The molecule has 0 radical (unpaired) electrons. The van der Waals surface area contributed by atoms with Crippen molar-refractivity contribution in [1.29, 1.82) is 0 Å². The molecule has 0 aromatic carbocycles. The topological polar surface area (TPSA) is 63.4 Å². The van der Waals surface area contributed by atoms with Crippen LogP contribution in [0.4, 0.5) is 0 Å². The van der Waals surface area contributed by atoms with E-state index in [4.69, 9.17) is 4.74 Å². The van der Waals surface area contributed by atoms with Gasteiger partial charge in [-0.2, -0.15) is 0 Å². The molecule has 130 valence electrons. The van der Waals surface area contributed by atoms with Crippen LogP contribution in [0, 0.1) is 6.92 Å². The Kier molecular flexibility index (Phi) is 5.48. The van der Waals surface area contributed by atoms with Gasteiger partial charge in [-0.3, -0.25) is 4.90 Å². The number of nitrogens with zero attached hydrogens (tertiary/aromatic N) is 4. The van der Waals surface area contributed by atoms with E-state index in [1.807, 2.05) is 24.4 Å². The molecule has 0 unspecified atom stereocenters. The molecule has 24 heavy (non-hydrogen) atoms. The van der Waals surface area contributed by atoms with Gasteiger partial charge in [0, 0.05) is 37.0 Å². The monoisotopic (exact) mass is 330 g/mol. The lowest BCUT2D eigenvalue weighted by Crippen LogP contribution is -2.33. The van der Waals surface area contributed by atoms with Crippen LogP contribution < -0.4 is 4.74 Å². The van der Waals surface area contributed by atoms with Gasteiger partial charge in [0.2, 0.25) is 5.88 Å². The summed E-state index contributed by atoms with van der Waals surface area (Å²) in [6, 6.07) is 5.91. The smallest absolute Gasteiger partial charge is 0.213 e. The standard InChI is InChI=1S/C18H26N4O2/c1-14-12-19-18(22(14)10-11-23)15-6-8-21(9-7-15)13-16-4-3-5-17(20-16)24-2/h3-5,12,15,23H,6-11,13H2,1-2H3. The van der Waals surface area contributed by atoms with E-state index in [1.165, 1.54) is 0 Å². The van der Waals surface area contributed by atoms with Gasteiger partial charge in [-0.05, 0) is 38.9 Å². The lowest BCUT2D eigenvalue weighted by molar-refractivity contribution is 0.195. The number of hydrogen-bond acceptors (Lipinski definition) is 5. The number of rotatable bonds is 6. The summed E-state index contributed by atoms with van der Waals surface area (Å²) in [6.45, 7) is 5.77. The number of aliphatic hydroxyl groups is 1. The van der Waals surface area contributed by atoms with Crippen molar-refractivity contribution in [3.8, 4) is 5.88 Å². The number of pyridine rings is 1. The van der Waals surface area contributed by atoms with Gasteiger partial charge in [-0.15, -0.1) is 0 Å². The van der Waals surface area contributed by atoms with Crippen LogP contribution in [0.3, 0.4) is 0 Å². The van der Waals surface area contributed by atoms with Crippen molar-refractivity contribution in [1.82, 2.24) is 19.4 Å². The first-order chi connectivity index (χ1) is 11.7. The molecule has 0 bridgehead atoms. The molecule has 0 spiro atoms. The van der Waals surface area contributed by atoms with Crippen molar-refractivity contribution in [3.05, 3.63) is 41.6 Å². The second kappa shape index (κ2) is 7.77. The molecule has 0 atom stereocenters. The molecule has 3 heterocycles. The van der Waals surface area contributed by atoms with Crippen molar-refractivity contribution >= 4 is 0 Å². The molecule has 1 fully saturated rings. The van der Waals surface area contributed by atoms with E-state index in [0.717, 1.165) is 49.7 Å². The van der Waals surface area contributed by atoms with Gasteiger partial charge in [0.1, 0.15) is 5.82 Å². The third kappa shape index (κ3) is 3.76. The summed E-state index contributed by atoms with van der Waals surface area (Å²) in [5.74, 6) is 2.27. The van der Waals surface area contributed by atoms with Crippen LogP contribution in [0.1, 0.15) is 36.0 Å². The van der Waals surface area contributed by atoms with Gasteiger partial charge in [0.25, 0.3) is 0 Å². The lowest BCUT2D eigenvalue weighted by atomic mass is 9.95. The highest BCUT2D eigenvalue weighted by atomic mass is 16.5. The Balaban J connectivity index is 1.59. The van der Waals surface area contributed by atoms with Crippen LogP contribution in [-0.4, -0.2) is 51.3 Å². The minimum Gasteiger partial charge on any atom is -0.481 e. The minimum absolute atomic E-state index is 0.157. The fraction of sp³-hybridized carbons (Fsp3) is 0.556. The number of ether oxygens (including phenoxy) is 1. The Morgan fingerprint density at radius 2 is 2.08 bits per heavy atom. The number of hydrogen-bond donors (Lipinski definition) is 1. The van der Waals surface area contributed by atoms with Crippen molar-refractivity contribution in [2.45, 2.75) is 38.8 Å². The van der Waals surface area contributed by atoms with Gasteiger partial charge in [-0.25, -0.2) is 9.97 Å². The van der Waals surface area contributed by atoms with Gasteiger partial charge in [0.05, 0.1) is 19.4 Å². The summed E-state index contributed by atoms with van der Waals surface area (Å²) in [5.41, 5.74) is 2.17. The summed E-state index contributed by atoms with van der Waals surface area (Å²) < 4.78 is 7.35. The number of aromatic nitrogens is 3. The van der Waals surface area contributed by atoms with Crippen molar-refractivity contribution in [2.24, 2.45) is 0 Å². The van der Waals surface area contributed by atoms with Crippen LogP contribution in [0.25, 0.3) is 0 Å². The van der Waals surface area contributed by atoms with E-state index in [2.05, 4.69) is 26.4 Å². The van der Waals surface area contributed by atoms with E-state index < -0.39 is 0 Å². The number of likely N-dealkylation sites (tertiary alicyclic amines) is 1. The maximum atomic E-state index is 9.26. The lowest BCUT2D eigenvalue weighted by Gasteiger charge is -2.31. The molecule has 6 heteroatoms. The molecular formula is C18H26N4O2. The average molecular weight is 330 g/mol. The van der Waals surface area contributed by atoms with Gasteiger partial charge in [0.15, 0.2) is 0 Å². The zero-order valence-corrected chi connectivity index (χ0v) is 14.5. The second-order valence-corrected chi connectivity index (χ2v) is 6.35. The van der Waals surface area contributed by atoms with E-state index in [0.29, 0.717) is 18.3 Å². The van der Waals surface area contributed by atoms with Crippen LogP contribution in [-0.2, 0) is 13.1 Å². The molecule has 1 aliphatic heterocycles. The summed E-state index contributed by atoms with van der Waals surface area (Å²) in [6.07, 6.45) is 4.09. The molecule has 1 saturated heterocycles. The van der Waals surface area contributed by atoms with Crippen LogP contribution in [0.15, 0.2) is 24.4 Å². The quantitative estimate of drug-likeness (QED) is 0.877. The van der Waals surface area contributed by atoms with Crippen molar-refractivity contribution < 1.29 is 9.84 Å². The molecule has 1 N–H and O–H groups in total. The van der Waals surface area contributed by atoms with Crippen molar-refractivity contribution in [2.75, 3.05) is 26.8 Å². The van der Waals surface area contributed by atoms with E-state index >= 15 is 0 Å². The summed E-state index contributed by atoms with van der Waals surface area (Å²) in [5, 5.41) is 9.26.